The Balaban J connectivity index is 2.30. The fourth-order valence-corrected chi connectivity index (χ4v) is 1.42. The first-order chi connectivity index (χ1) is 7.29. The number of aromatic nitrogens is 1. The second-order valence-electron chi connectivity index (χ2n) is 3.28. The Morgan fingerprint density at radius 2 is 2.07 bits per heavy atom. The van der Waals surface area contributed by atoms with Crippen molar-refractivity contribution in [2.45, 2.75) is 18.9 Å². The highest BCUT2D eigenvalue weighted by Gasteiger charge is 2.04. The molecular weight excluding hydrogens is 210 g/mol. The highest BCUT2D eigenvalue weighted by atomic mass is 35.5. The van der Waals surface area contributed by atoms with Gasteiger partial charge in [0.1, 0.15) is 0 Å². The first kappa shape index (κ1) is 10.2. The summed E-state index contributed by atoms with van der Waals surface area (Å²) in [4.78, 5) is 4.36. The van der Waals surface area contributed by atoms with Crippen LogP contribution in [0.2, 0.25) is 0 Å². The van der Waals surface area contributed by atoms with Crippen molar-refractivity contribution in [1.82, 2.24) is 4.98 Å². The molecule has 0 saturated carbocycles. The van der Waals surface area contributed by atoms with E-state index in [2.05, 4.69) is 4.98 Å². The van der Waals surface area contributed by atoms with Crippen LogP contribution in [0.1, 0.15) is 13.3 Å². The van der Waals surface area contributed by atoms with Gasteiger partial charge in [-0.05, 0) is 18.6 Å². The molecule has 2 rings (SSSR count). The van der Waals surface area contributed by atoms with Crippen molar-refractivity contribution in [3.05, 3.63) is 36.4 Å². The third-order valence-corrected chi connectivity index (χ3v) is 2.54. The van der Waals surface area contributed by atoms with E-state index in [9.17, 15) is 0 Å². The fourth-order valence-electron chi connectivity index (χ4n) is 1.33. The van der Waals surface area contributed by atoms with Crippen LogP contribution < -0.4 is 4.74 Å². The number of alkyl halides is 1. The molecule has 1 heterocycles. The van der Waals surface area contributed by atoms with E-state index in [-0.39, 0.29) is 5.56 Å². The summed E-state index contributed by atoms with van der Waals surface area (Å²) < 4.78 is 5.43. The Labute approximate surface area is 93.8 Å². The van der Waals surface area contributed by atoms with E-state index in [4.69, 9.17) is 16.3 Å². The van der Waals surface area contributed by atoms with Gasteiger partial charge < -0.3 is 4.74 Å². The summed E-state index contributed by atoms with van der Waals surface area (Å²) in [6, 6.07) is 11.7. The van der Waals surface area contributed by atoms with Gasteiger partial charge in [-0.2, -0.15) is 0 Å². The zero-order valence-corrected chi connectivity index (χ0v) is 9.24. The topological polar surface area (TPSA) is 22.1 Å². The Bertz CT molecular complexity index is 458. The van der Waals surface area contributed by atoms with Gasteiger partial charge in [0, 0.05) is 11.5 Å². The van der Waals surface area contributed by atoms with Crippen molar-refractivity contribution in [2.24, 2.45) is 0 Å². The molecular formula is C12H12ClNO. The number of nitrogens with zero attached hydrogens (tertiary/aromatic N) is 1. The van der Waals surface area contributed by atoms with Crippen molar-refractivity contribution in [3.8, 4) is 5.88 Å². The van der Waals surface area contributed by atoms with Crippen molar-refractivity contribution in [3.63, 3.8) is 0 Å². The second-order valence-corrected chi connectivity index (χ2v) is 3.77. The van der Waals surface area contributed by atoms with E-state index in [1.54, 1.807) is 0 Å². The normalized spacial score (nSPS) is 12.7. The number of para-hydroxylation sites is 1. The molecule has 0 saturated heterocycles. The van der Waals surface area contributed by atoms with E-state index in [0.717, 1.165) is 17.3 Å². The van der Waals surface area contributed by atoms with Crippen LogP contribution in [0.25, 0.3) is 10.9 Å². The number of benzene rings is 1. The molecule has 0 spiro atoms. The predicted molar refractivity (Wildman–Crippen MR) is 62.3 cm³/mol. The van der Waals surface area contributed by atoms with Crippen LogP contribution in [-0.2, 0) is 0 Å². The third-order valence-electron chi connectivity index (χ3n) is 2.14. The Hall–Kier alpha value is -1.28. The summed E-state index contributed by atoms with van der Waals surface area (Å²) in [5, 5.41) is 1.10. The van der Waals surface area contributed by atoms with Gasteiger partial charge >= 0.3 is 0 Å². The van der Waals surface area contributed by atoms with Gasteiger partial charge in [0.25, 0.3) is 0 Å². The van der Waals surface area contributed by atoms with Crippen molar-refractivity contribution >= 4 is 22.5 Å². The van der Waals surface area contributed by atoms with Gasteiger partial charge in [-0.3, -0.25) is 0 Å². The molecule has 2 aromatic rings. The smallest absolute Gasteiger partial charge is 0.215 e. The summed E-state index contributed by atoms with van der Waals surface area (Å²) in [6.45, 7) is 1.97. The molecule has 1 atom stereocenters. The summed E-state index contributed by atoms with van der Waals surface area (Å²) in [5.74, 6) is 0.579. The maximum atomic E-state index is 5.89. The minimum Gasteiger partial charge on any atom is -0.458 e. The first-order valence-electron chi connectivity index (χ1n) is 4.96. The molecule has 15 heavy (non-hydrogen) atoms. The molecule has 1 unspecified atom stereocenters. The van der Waals surface area contributed by atoms with Crippen LogP contribution in [0.5, 0.6) is 5.88 Å². The molecule has 0 amide bonds. The van der Waals surface area contributed by atoms with E-state index < -0.39 is 0 Å². The van der Waals surface area contributed by atoms with E-state index in [0.29, 0.717) is 5.88 Å². The number of ether oxygens (including phenoxy) is 1. The largest absolute Gasteiger partial charge is 0.458 e. The first-order valence-corrected chi connectivity index (χ1v) is 5.40. The van der Waals surface area contributed by atoms with Gasteiger partial charge in [0.2, 0.25) is 5.88 Å². The van der Waals surface area contributed by atoms with Gasteiger partial charge in [0.15, 0.2) is 5.56 Å². The standard InChI is InChI=1S/C12H12ClNO/c1-2-11(13)15-12-8-7-9-5-3-4-6-10(9)14-12/h3-8,11H,2H2,1H3. The van der Waals surface area contributed by atoms with Gasteiger partial charge in [0.05, 0.1) is 5.52 Å². The van der Waals surface area contributed by atoms with E-state index in [1.165, 1.54) is 0 Å². The van der Waals surface area contributed by atoms with Crippen LogP contribution in [0, 0.1) is 0 Å². The maximum absolute atomic E-state index is 5.89. The van der Waals surface area contributed by atoms with Crippen LogP contribution in [0.4, 0.5) is 0 Å². The second kappa shape index (κ2) is 4.49. The molecule has 0 N–H and O–H groups in total. The van der Waals surface area contributed by atoms with Crippen molar-refractivity contribution in [1.29, 1.82) is 0 Å². The van der Waals surface area contributed by atoms with Gasteiger partial charge in [-0.1, -0.05) is 36.7 Å². The minimum absolute atomic E-state index is 0.307. The van der Waals surface area contributed by atoms with Crippen molar-refractivity contribution < 1.29 is 4.74 Å². The van der Waals surface area contributed by atoms with Crippen LogP contribution in [0.15, 0.2) is 36.4 Å². The average Bonchev–Trinajstić information content (AvgIpc) is 2.29. The lowest BCUT2D eigenvalue weighted by molar-refractivity contribution is 0.267. The average molecular weight is 222 g/mol. The Morgan fingerprint density at radius 1 is 1.27 bits per heavy atom. The molecule has 1 aromatic heterocycles. The molecule has 0 aliphatic carbocycles. The molecule has 0 aliphatic heterocycles. The summed E-state index contributed by atoms with van der Waals surface area (Å²) >= 11 is 5.89. The zero-order valence-electron chi connectivity index (χ0n) is 8.48. The van der Waals surface area contributed by atoms with Crippen LogP contribution >= 0.6 is 11.6 Å². The lowest BCUT2D eigenvalue weighted by Gasteiger charge is -2.09. The van der Waals surface area contributed by atoms with Crippen molar-refractivity contribution in [2.75, 3.05) is 0 Å². The molecule has 3 heteroatoms. The monoisotopic (exact) mass is 221 g/mol. The van der Waals surface area contributed by atoms with Gasteiger partial charge in [-0.15, -0.1) is 0 Å². The number of hydrogen-bond donors (Lipinski definition) is 0. The lowest BCUT2D eigenvalue weighted by Crippen LogP contribution is -2.07. The van der Waals surface area contributed by atoms with Crippen LogP contribution in [-0.4, -0.2) is 10.5 Å². The number of hydrogen-bond acceptors (Lipinski definition) is 2. The SMILES string of the molecule is CCC(Cl)Oc1ccc2ccccc2n1. The molecule has 2 nitrogen and oxygen atoms in total. The highest BCUT2D eigenvalue weighted by Crippen LogP contribution is 2.18. The third kappa shape index (κ3) is 2.39. The molecule has 0 bridgehead atoms. The quantitative estimate of drug-likeness (QED) is 0.739. The molecule has 78 valence electrons. The van der Waals surface area contributed by atoms with Crippen LogP contribution in [0.3, 0.4) is 0 Å². The number of fused-ring (bicyclic) bond motifs is 1. The Morgan fingerprint density at radius 3 is 2.87 bits per heavy atom. The summed E-state index contributed by atoms with van der Waals surface area (Å²) in [6.07, 6.45) is 0.760. The number of halogens is 1. The molecule has 0 aliphatic rings. The van der Waals surface area contributed by atoms with E-state index >= 15 is 0 Å². The predicted octanol–water partition coefficient (Wildman–Crippen LogP) is 3.59. The molecule has 1 aromatic carbocycles. The summed E-state index contributed by atoms with van der Waals surface area (Å²) in [5.41, 5.74) is 0.619. The minimum atomic E-state index is -0.307. The highest BCUT2D eigenvalue weighted by molar-refractivity contribution is 6.19. The van der Waals surface area contributed by atoms with Gasteiger partial charge in [-0.25, -0.2) is 4.98 Å². The maximum Gasteiger partial charge on any atom is 0.215 e. The number of pyridine rings is 1. The zero-order chi connectivity index (χ0) is 10.7. The Kier molecular flexibility index (Phi) is 3.07. The summed E-state index contributed by atoms with van der Waals surface area (Å²) in [7, 11) is 0. The molecule has 0 fully saturated rings. The fraction of sp³-hybridized carbons (Fsp3) is 0.250. The number of rotatable bonds is 3. The van der Waals surface area contributed by atoms with E-state index in [1.807, 2.05) is 43.3 Å². The lowest BCUT2D eigenvalue weighted by atomic mass is 10.2. The molecule has 0 radical (unpaired) electrons.